The molecule has 54 heavy (non-hydrogen) atoms. The van der Waals surface area contributed by atoms with E-state index in [4.69, 9.17) is 18.9 Å². The molecule has 19 atom stereocenters. The molecule has 7 aliphatic rings. The van der Waals surface area contributed by atoms with E-state index in [1.54, 1.807) is 0 Å². The van der Waals surface area contributed by atoms with Gasteiger partial charge in [-0.05, 0) is 96.2 Å². The van der Waals surface area contributed by atoms with Crippen LogP contribution in [0.2, 0.25) is 0 Å². The van der Waals surface area contributed by atoms with Gasteiger partial charge in [0.15, 0.2) is 6.29 Å². The van der Waals surface area contributed by atoms with Gasteiger partial charge in [-0.2, -0.15) is 0 Å². The van der Waals surface area contributed by atoms with Crippen molar-refractivity contribution in [2.24, 2.45) is 56.7 Å². The second-order valence-corrected chi connectivity index (χ2v) is 20.1. The molecular weight excluding hydrogens is 700 g/mol. The standard InChI is InChI=1S/C41H66O13/c1-37(2)16-20(34(50)54-36-32(48)30(46)28(44)22(17-42)52-36)19-10-14-40(6)21(27(19)33(37)49)8-9-25-39(5)13-12-26(38(3,4)24(39)11-15-41(25,40)7)53-35-31(47)29(45)23(18-43)51-35/h8,19-20,22-33,35-36,42-49H,9-18H2,1-7H3. The Labute approximate surface area is 319 Å². The summed E-state index contributed by atoms with van der Waals surface area (Å²) in [4.78, 5) is 14.1. The van der Waals surface area contributed by atoms with Crippen molar-refractivity contribution in [1.82, 2.24) is 0 Å². The summed E-state index contributed by atoms with van der Waals surface area (Å²) in [6.07, 6.45) is -4.07. The molecular formula is C41H66O13. The maximum absolute atomic E-state index is 14.1. The molecule has 0 aromatic carbocycles. The zero-order chi connectivity index (χ0) is 39.5. The van der Waals surface area contributed by atoms with Gasteiger partial charge in [0, 0.05) is 5.92 Å². The van der Waals surface area contributed by atoms with Gasteiger partial charge in [0.25, 0.3) is 0 Å². The highest BCUT2D eigenvalue weighted by molar-refractivity contribution is 5.73. The van der Waals surface area contributed by atoms with Crippen molar-refractivity contribution in [3.8, 4) is 0 Å². The summed E-state index contributed by atoms with van der Waals surface area (Å²) in [6.45, 7) is 14.7. The van der Waals surface area contributed by atoms with Crippen LogP contribution < -0.4 is 0 Å². The van der Waals surface area contributed by atoms with Gasteiger partial charge < -0.3 is 59.8 Å². The summed E-state index contributed by atoms with van der Waals surface area (Å²) in [6, 6.07) is 0. The molecule has 7 rings (SSSR count). The molecule has 5 aliphatic carbocycles. The fraction of sp³-hybridized carbons (Fsp3) is 0.927. The average Bonchev–Trinajstić information content (AvgIpc) is 3.39. The number of hydrogen-bond donors (Lipinski definition) is 8. The molecule has 19 unspecified atom stereocenters. The van der Waals surface area contributed by atoms with Crippen molar-refractivity contribution in [3.63, 3.8) is 0 Å². The molecule has 0 radical (unpaired) electrons. The number of carbonyl (C=O) groups excluding carboxylic acids is 1. The highest BCUT2D eigenvalue weighted by atomic mass is 16.7. The lowest BCUT2D eigenvalue weighted by molar-refractivity contribution is -0.295. The van der Waals surface area contributed by atoms with Gasteiger partial charge in [0.1, 0.15) is 42.7 Å². The molecule has 2 saturated heterocycles. The van der Waals surface area contributed by atoms with Crippen LogP contribution in [0.15, 0.2) is 11.6 Å². The summed E-state index contributed by atoms with van der Waals surface area (Å²) in [5, 5.41) is 83.7. The molecule has 0 aromatic heterocycles. The third-order valence-electron chi connectivity index (χ3n) is 16.8. The Morgan fingerprint density at radius 2 is 1.37 bits per heavy atom. The number of aliphatic hydroxyl groups is 8. The molecule has 6 fully saturated rings. The van der Waals surface area contributed by atoms with Crippen LogP contribution in [0, 0.1) is 56.7 Å². The molecule has 0 spiro atoms. The lowest BCUT2D eigenvalue weighted by Crippen LogP contribution is -2.65. The molecule has 2 aliphatic heterocycles. The highest BCUT2D eigenvalue weighted by Crippen LogP contribution is 2.75. The Hall–Kier alpha value is -1.23. The number of ether oxygens (including phenoxy) is 4. The van der Waals surface area contributed by atoms with Gasteiger partial charge >= 0.3 is 5.97 Å². The van der Waals surface area contributed by atoms with Gasteiger partial charge in [-0.25, -0.2) is 0 Å². The number of allylic oxidation sites excluding steroid dienone is 1. The molecule has 0 bridgehead atoms. The van der Waals surface area contributed by atoms with Crippen molar-refractivity contribution >= 4 is 5.97 Å². The van der Waals surface area contributed by atoms with E-state index in [1.807, 2.05) is 13.8 Å². The Morgan fingerprint density at radius 3 is 2.02 bits per heavy atom. The van der Waals surface area contributed by atoms with Crippen molar-refractivity contribution in [3.05, 3.63) is 11.6 Å². The minimum absolute atomic E-state index is 0.0251. The molecule has 0 aromatic rings. The van der Waals surface area contributed by atoms with Crippen LogP contribution in [0.5, 0.6) is 0 Å². The number of hydrogen-bond acceptors (Lipinski definition) is 13. The fourth-order valence-electron chi connectivity index (χ4n) is 13.5. The van der Waals surface area contributed by atoms with Crippen molar-refractivity contribution in [2.45, 2.75) is 167 Å². The quantitative estimate of drug-likeness (QED) is 0.143. The minimum atomic E-state index is -1.69. The summed E-state index contributed by atoms with van der Waals surface area (Å²) in [7, 11) is 0. The Bertz CT molecular complexity index is 1450. The third kappa shape index (κ3) is 5.92. The van der Waals surface area contributed by atoms with Crippen molar-refractivity contribution in [1.29, 1.82) is 0 Å². The first-order valence-electron chi connectivity index (χ1n) is 20.4. The third-order valence-corrected chi connectivity index (χ3v) is 16.8. The van der Waals surface area contributed by atoms with E-state index in [9.17, 15) is 45.6 Å². The number of aliphatic hydroxyl groups excluding tert-OH is 8. The molecule has 8 N–H and O–H groups in total. The van der Waals surface area contributed by atoms with Crippen molar-refractivity contribution in [2.75, 3.05) is 13.2 Å². The maximum Gasteiger partial charge on any atom is 0.311 e. The van der Waals surface area contributed by atoms with Gasteiger partial charge in [-0.15, -0.1) is 0 Å². The Kier molecular flexibility index (Phi) is 10.6. The maximum atomic E-state index is 14.1. The number of carbonyl (C=O) groups is 1. The lowest BCUT2D eigenvalue weighted by Gasteiger charge is -2.71. The average molecular weight is 767 g/mol. The van der Waals surface area contributed by atoms with E-state index >= 15 is 0 Å². The largest absolute Gasteiger partial charge is 0.432 e. The van der Waals surface area contributed by atoms with E-state index in [0.29, 0.717) is 24.7 Å². The van der Waals surface area contributed by atoms with Gasteiger partial charge in [0.2, 0.25) is 6.29 Å². The molecule has 308 valence electrons. The summed E-state index contributed by atoms with van der Waals surface area (Å²) in [5.74, 6) is -1.000. The van der Waals surface area contributed by atoms with Crippen molar-refractivity contribution < 1.29 is 64.6 Å². The predicted molar refractivity (Wildman–Crippen MR) is 193 cm³/mol. The molecule has 4 saturated carbocycles. The summed E-state index contributed by atoms with van der Waals surface area (Å²) >= 11 is 0. The van der Waals surface area contributed by atoms with E-state index in [1.165, 1.54) is 5.57 Å². The van der Waals surface area contributed by atoms with Gasteiger partial charge in [-0.1, -0.05) is 60.1 Å². The topological polar surface area (TPSA) is 216 Å². The molecule has 2 heterocycles. The normalized spacial score (nSPS) is 53.6. The van der Waals surface area contributed by atoms with Crippen LogP contribution in [0.4, 0.5) is 0 Å². The monoisotopic (exact) mass is 766 g/mol. The van der Waals surface area contributed by atoms with Crippen LogP contribution in [0.3, 0.4) is 0 Å². The Balaban J connectivity index is 1.14. The first kappa shape index (κ1) is 40.9. The van der Waals surface area contributed by atoms with E-state index in [2.05, 4.69) is 40.7 Å². The summed E-state index contributed by atoms with van der Waals surface area (Å²) in [5.41, 5.74) is -0.0182. The fourth-order valence-corrected chi connectivity index (χ4v) is 13.5. The number of fused-ring (bicyclic) bond motifs is 7. The second-order valence-electron chi connectivity index (χ2n) is 20.1. The van der Waals surface area contributed by atoms with E-state index in [0.717, 1.165) is 38.5 Å². The van der Waals surface area contributed by atoms with Gasteiger partial charge in [0.05, 0.1) is 31.3 Å². The van der Waals surface area contributed by atoms with Crippen LogP contribution in [0.25, 0.3) is 0 Å². The Morgan fingerprint density at radius 1 is 0.759 bits per heavy atom. The predicted octanol–water partition coefficient (Wildman–Crippen LogP) is 1.78. The van der Waals surface area contributed by atoms with Crippen LogP contribution in [0.1, 0.15) is 99.8 Å². The van der Waals surface area contributed by atoms with E-state index in [-0.39, 0.29) is 39.6 Å². The zero-order valence-electron chi connectivity index (χ0n) is 33.0. The SMILES string of the molecule is CC1(C)CC(C(=O)OC2OC(CO)C(O)C(O)C2O)C2CCC3(C)C(=CCC4C5(C)CCC(OC6OC(CO)C(O)C6O)C(C)(C)C5CCC43C)C2C1O. The van der Waals surface area contributed by atoms with Crippen LogP contribution >= 0.6 is 0 Å². The number of rotatable bonds is 6. The molecule has 0 amide bonds. The highest BCUT2D eigenvalue weighted by Gasteiger charge is 2.69. The lowest BCUT2D eigenvalue weighted by atomic mass is 9.34. The smallest absolute Gasteiger partial charge is 0.311 e. The zero-order valence-corrected chi connectivity index (χ0v) is 33.0. The molecule has 13 nitrogen and oxygen atoms in total. The van der Waals surface area contributed by atoms with Crippen LogP contribution in [-0.2, 0) is 23.7 Å². The van der Waals surface area contributed by atoms with E-state index < -0.39 is 91.9 Å². The number of esters is 1. The second kappa shape index (κ2) is 14.0. The van der Waals surface area contributed by atoms with Gasteiger partial charge in [-0.3, -0.25) is 4.79 Å². The van der Waals surface area contributed by atoms with Crippen LogP contribution in [-0.4, -0.2) is 128 Å². The molecule has 13 heteroatoms. The summed E-state index contributed by atoms with van der Waals surface area (Å²) < 4.78 is 23.5. The minimum Gasteiger partial charge on any atom is -0.432 e. The first-order valence-corrected chi connectivity index (χ1v) is 20.4. The first-order chi connectivity index (χ1) is 25.2.